The van der Waals surface area contributed by atoms with E-state index in [9.17, 15) is 9.59 Å². The number of aryl methyl sites for hydroxylation is 2. The second kappa shape index (κ2) is 6.71. The van der Waals surface area contributed by atoms with Crippen molar-refractivity contribution in [3.8, 4) is 0 Å². The number of hydrogen-bond donors (Lipinski definition) is 1. The van der Waals surface area contributed by atoms with Gasteiger partial charge in [0.05, 0.1) is 5.56 Å². The number of hydrogen-bond acceptors (Lipinski definition) is 3. The van der Waals surface area contributed by atoms with Crippen LogP contribution in [-0.2, 0) is 9.53 Å². The lowest BCUT2D eigenvalue weighted by Crippen LogP contribution is -2.51. The molecule has 5 rings (SSSR count). The number of esters is 1. The van der Waals surface area contributed by atoms with Crippen LogP contribution in [0.1, 0.15) is 60.0 Å². The molecular formula is C22H29NO3. The number of ether oxygens (including phenoxy) is 1. The topological polar surface area (TPSA) is 55.4 Å². The molecule has 4 heteroatoms. The van der Waals surface area contributed by atoms with Crippen LogP contribution in [0.2, 0.25) is 0 Å². The van der Waals surface area contributed by atoms with Crippen molar-refractivity contribution >= 4 is 11.9 Å². The summed E-state index contributed by atoms with van der Waals surface area (Å²) in [5, 5.41) is 3.06. The summed E-state index contributed by atoms with van der Waals surface area (Å²) in [5.41, 5.74) is 2.73. The summed E-state index contributed by atoms with van der Waals surface area (Å²) >= 11 is 0. The summed E-state index contributed by atoms with van der Waals surface area (Å²) in [6, 6.07) is 5.67. The molecule has 4 aliphatic rings. The van der Waals surface area contributed by atoms with Gasteiger partial charge in [0.2, 0.25) is 0 Å². The highest BCUT2D eigenvalue weighted by atomic mass is 16.5. The standard InChI is InChI=1S/C22H29NO3/c1-14-3-4-15(2)19(5-14)21(25)26-12-20(24)23-13-22-9-16-6-17(10-22)8-18(7-16)11-22/h3-5,16-18H,6-13H2,1-2H3,(H,23,24). The minimum atomic E-state index is -0.420. The Kier molecular flexibility index (Phi) is 4.54. The molecular weight excluding hydrogens is 326 g/mol. The fourth-order valence-electron chi connectivity index (χ4n) is 6.01. The lowest BCUT2D eigenvalue weighted by molar-refractivity contribution is -0.126. The zero-order valence-electron chi connectivity index (χ0n) is 15.8. The van der Waals surface area contributed by atoms with Crippen molar-refractivity contribution < 1.29 is 14.3 Å². The van der Waals surface area contributed by atoms with Crippen LogP contribution in [0.15, 0.2) is 18.2 Å². The molecule has 4 nitrogen and oxygen atoms in total. The second-order valence-electron chi connectivity index (χ2n) is 9.09. The van der Waals surface area contributed by atoms with Crippen LogP contribution in [0, 0.1) is 37.0 Å². The first-order valence-corrected chi connectivity index (χ1v) is 9.93. The van der Waals surface area contributed by atoms with Crippen LogP contribution in [0.25, 0.3) is 0 Å². The highest BCUT2D eigenvalue weighted by molar-refractivity contribution is 5.92. The Morgan fingerprint density at radius 3 is 2.31 bits per heavy atom. The molecule has 0 aliphatic heterocycles. The van der Waals surface area contributed by atoms with E-state index in [2.05, 4.69) is 5.32 Å². The van der Waals surface area contributed by atoms with Gasteiger partial charge in [-0.05, 0) is 87.2 Å². The lowest BCUT2D eigenvalue weighted by atomic mass is 9.49. The molecule has 0 unspecified atom stereocenters. The highest BCUT2D eigenvalue weighted by Gasteiger charge is 2.50. The molecule has 0 atom stereocenters. The van der Waals surface area contributed by atoms with Gasteiger partial charge in [0.15, 0.2) is 6.61 Å². The van der Waals surface area contributed by atoms with E-state index in [1.165, 1.54) is 38.5 Å². The minimum Gasteiger partial charge on any atom is -0.452 e. The van der Waals surface area contributed by atoms with Gasteiger partial charge < -0.3 is 10.1 Å². The van der Waals surface area contributed by atoms with Gasteiger partial charge in [-0.15, -0.1) is 0 Å². The van der Waals surface area contributed by atoms with E-state index in [0.717, 1.165) is 35.4 Å². The zero-order chi connectivity index (χ0) is 18.3. The Morgan fingerprint density at radius 1 is 1.08 bits per heavy atom. The van der Waals surface area contributed by atoms with E-state index >= 15 is 0 Å². The molecule has 26 heavy (non-hydrogen) atoms. The number of carbonyl (C=O) groups excluding carboxylic acids is 2. The Balaban J connectivity index is 1.28. The molecule has 0 aromatic heterocycles. The highest BCUT2D eigenvalue weighted by Crippen LogP contribution is 2.59. The molecule has 1 aromatic rings. The van der Waals surface area contributed by atoms with Crippen LogP contribution in [-0.4, -0.2) is 25.0 Å². The first kappa shape index (κ1) is 17.6. The van der Waals surface area contributed by atoms with Crippen molar-refractivity contribution in [3.05, 3.63) is 34.9 Å². The predicted octanol–water partition coefficient (Wildman–Crippen LogP) is 3.79. The van der Waals surface area contributed by atoms with Gasteiger partial charge >= 0.3 is 5.97 Å². The summed E-state index contributed by atoms with van der Waals surface area (Å²) < 4.78 is 5.25. The van der Waals surface area contributed by atoms with Gasteiger partial charge in [0, 0.05) is 6.54 Å². The van der Waals surface area contributed by atoms with Crippen molar-refractivity contribution in [3.63, 3.8) is 0 Å². The number of amides is 1. The Hall–Kier alpha value is -1.84. The number of nitrogens with one attached hydrogen (secondary N) is 1. The summed E-state index contributed by atoms with van der Waals surface area (Å²) in [5.74, 6) is 2.02. The smallest absolute Gasteiger partial charge is 0.338 e. The monoisotopic (exact) mass is 355 g/mol. The van der Waals surface area contributed by atoms with Crippen molar-refractivity contribution in [2.45, 2.75) is 52.4 Å². The fraction of sp³-hybridized carbons (Fsp3) is 0.636. The van der Waals surface area contributed by atoms with Crippen molar-refractivity contribution in [2.75, 3.05) is 13.2 Å². The summed E-state index contributed by atoms with van der Waals surface area (Å²) in [6.07, 6.45) is 8.01. The molecule has 1 amide bonds. The molecule has 4 bridgehead atoms. The third-order valence-corrected chi connectivity index (χ3v) is 6.77. The number of carbonyl (C=O) groups is 2. The minimum absolute atomic E-state index is 0.181. The number of benzene rings is 1. The average Bonchev–Trinajstić information content (AvgIpc) is 2.59. The van der Waals surface area contributed by atoms with E-state index in [1.54, 1.807) is 0 Å². The van der Waals surface area contributed by atoms with E-state index in [0.29, 0.717) is 11.0 Å². The van der Waals surface area contributed by atoms with Crippen molar-refractivity contribution in [1.29, 1.82) is 0 Å². The lowest BCUT2D eigenvalue weighted by Gasteiger charge is -2.56. The predicted molar refractivity (Wildman–Crippen MR) is 99.8 cm³/mol. The second-order valence-corrected chi connectivity index (χ2v) is 9.09. The Morgan fingerprint density at radius 2 is 1.69 bits per heavy atom. The molecule has 4 aliphatic carbocycles. The summed E-state index contributed by atoms with van der Waals surface area (Å²) in [7, 11) is 0. The molecule has 0 radical (unpaired) electrons. The maximum atomic E-state index is 12.2. The molecule has 1 aromatic carbocycles. The van der Waals surface area contributed by atoms with E-state index < -0.39 is 5.97 Å². The van der Waals surface area contributed by atoms with E-state index in [-0.39, 0.29) is 12.5 Å². The SMILES string of the molecule is Cc1ccc(C)c(C(=O)OCC(=O)NCC23CC4CC(CC(C4)C2)C3)c1. The average molecular weight is 355 g/mol. The molecule has 1 N–H and O–H groups in total. The van der Waals surface area contributed by atoms with Gasteiger partial charge in [-0.25, -0.2) is 4.79 Å². The molecule has 0 saturated heterocycles. The molecule has 4 saturated carbocycles. The maximum absolute atomic E-state index is 12.2. The first-order valence-electron chi connectivity index (χ1n) is 9.93. The Bertz CT molecular complexity index is 689. The van der Waals surface area contributed by atoms with Crippen LogP contribution in [0.4, 0.5) is 0 Å². The maximum Gasteiger partial charge on any atom is 0.338 e. The van der Waals surface area contributed by atoms with Crippen LogP contribution in [0.5, 0.6) is 0 Å². The van der Waals surface area contributed by atoms with Crippen LogP contribution in [0.3, 0.4) is 0 Å². The molecule has 0 heterocycles. The van der Waals surface area contributed by atoms with E-state index in [1.807, 2.05) is 32.0 Å². The summed E-state index contributed by atoms with van der Waals surface area (Å²) in [6.45, 7) is 4.37. The molecule has 0 spiro atoms. The van der Waals surface area contributed by atoms with Crippen molar-refractivity contribution in [1.82, 2.24) is 5.32 Å². The normalized spacial score (nSPS) is 31.7. The fourth-order valence-corrected chi connectivity index (χ4v) is 6.01. The Labute approximate surface area is 155 Å². The molecule has 4 fully saturated rings. The third-order valence-electron chi connectivity index (χ3n) is 6.77. The van der Waals surface area contributed by atoms with Gasteiger partial charge in [-0.1, -0.05) is 17.7 Å². The first-order chi connectivity index (χ1) is 12.4. The quantitative estimate of drug-likeness (QED) is 0.818. The van der Waals surface area contributed by atoms with Crippen LogP contribution < -0.4 is 5.32 Å². The number of rotatable bonds is 5. The molecule has 140 valence electrons. The van der Waals surface area contributed by atoms with E-state index in [4.69, 9.17) is 4.74 Å². The van der Waals surface area contributed by atoms with Gasteiger partial charge in [0.25, 0.3) is 5.91 Å². The largest absolute Gasteiger partial charge is 0.452 e. The van der Waals surface area contributed by atoms with Gasteiger partial charge in [-0.2, -0.15) is 0 Å². The van der Waals surface area contributed by atoms with Gasteiger partial charge in [0.1, 0.15) is 0 Å². The van der Waals surface area contributed by atoms with Crippen molar-refractivity contribution in [2.24, 2.45) is 23.2 Å². The zero-order valence-corrected chi connectivity index (χ0v) is 15.8. The van der Waals surface area contributed by atoms with Crippen LogP contribution >= 0.6 is 0 Å². The van der Waals surface area contributed by atoms with Gasteiger partial charge in [-0.3, -0.25) is 4.79 Å². The summed E-state index contributed by atoms with van der Waals surface area (Å²) in [4.78, 5) is 24.5. The third kappa shape index (κ3) is 3.51.